The van der Waals surface area contributed by atoms with Gasteiger partial charge >= 0.3 is 0 Å². The van der Waals surface area contributed by atoms with Crippen LogP contribution in [0.15, 0.2) is 60.8 Å². The van der Waals surface area contributed by atoms with Crippen LogP contribution in [0.25, 0.3) is 33.1 Å². The molecule has 0 spiro atoms. The predicted molar refractivity (Wildman–Crippen MR) is 88.6 cm³/mol. The van der Waals surface area contributed by atoms with Gasteiger partial charge in [-0.2, -0.15) is 0 Å². The Hall–Kier alpha value is -3.14. The minimum atomic E-state index is 0.281. The third kappa shape index (κ3) is 1.92. The molecule has 2 aromatic heterocycles. The molecule has 3 heterocycles. The molecule has 23 heavy (non-hydrogen) atoms. The van der Waals surface area contributed by atoms with E-state index in [-0.39, 0.29) is 6.79 Å². The molecule has 0 saturated heterocycles. The third-order valence-electron chi connectivity index (χ3n) is 4.12. The zero-order chi connectivity index (χ0) is 15.2. The number of ether oxygens (including phenoxy) is 2. The van der Waals surface area contributed by atoms with Gasteiger partial charge in [0.1, 0.15) is 0 Å². The van der Waals surface area contributed by atoms with E-state index < -0.39 is 0 Å². The lowest BCUT2D eigenvalue weighted by molar-refractivity contribution is 0.174. The highest BCUT2D eigenvalue weighted by molar-refractivity contribution is 6.05. The van der Waals surface area contributed by atoms with Gasteiger partial charge in [0, 0.05) is 22.5 Å². The third-order valence-corrected chi connectivity index (χ3v) is 4.12. The van der Waals surface area contributed by atoms with E-state index in [0.717, 1.165) is 44.6 Å². The fraction of sp³-hybridized carbons (Fsp3) is 0.0526. The molecular weight excluding hydrogens is 288 g/mol. The highest BCUT2D eigenvalue weighted by Gasteiger charge is 2.14. The summed E-state index contributed by atoms with van der Waals surface area (Å²) in [5, 5.41) is 2.23. The van der Waals surface area contributed by atoms with Crippen LogP contribution in [-0.2, 0) is 0 Å². The number of hydrogen-bond donors (Lipinski definition) is 0. The molecule has 4 heteroatoms. The number of nitrogens with zero attached hydrogens (tertiary/aromatic N) is 2. The van der Waals surface area contributed by atoms with E-state index in [1.165, 1.54) is 0 Å². The second-order valence-electron chi connectivity index (χ2n) is 5.47. The van der Waals surface area contributed by atoms with E-state index in [9.17, 15) is 0 Å². The summed E-state index contributed by atoms with van der Waals surface area (Å²) in [6.07, 6.45) is 1.81. The van der Waals surface area contributed by atoms with E-state index >= 15 is 0 Å². The summed E-state index contributed by atoms with van der Waals surface area (Å²) in [5.41, 5.74) is 3.87. The summed E-state index contributed by atoms with van der Waals surface area (Å²) in [7, 11) is 0. The number of aromatic nitrogens is 2. The van der Waals surface area contributed by atoms with Crippen LogP contribution in [0.2, 0.25) is 0 Å². The van der Waals surface area contributed by atoms with Crippen LogP contribution in [0.1, 0.15) is 0 Å². The van der Waals surface area contributed by atoms with Crippen LogP contribution in [0, 0.1) is 0 Å². The van der Waals surface area contributed by atoms with E-state index in [4.69, 9.17) is 14.5 Å². The second kappa shape index (κ2) is 4.68. The van der Waals surface area contributed by atoms with Crippen LogP contribution in [0.3, 0.4) is 0 Å². The van der Waals surface area contributed by atoms with Gasteiger partial charge < -0.3 is 9.47 Å². The summed E-state index contributed by atoms with van der Waals surface area (Å²) in [4.78, 5) is 9.19. The van der Waals surface area contributed by atoms with Gasteiger partial charge in [-0.25, -0.2) is 4.98 Å². The number of rotatable bonds is 1. The zero-order valence-corrected chi connectivity index (χ0v) is 12.2. The van der Waals surface area contributed by atoms with Gasteiger partial charge in [-0.15, -0.1) is 0 Å². The zero-order valence-electron chi connectivity index (χ0n) is 12.2. The Morgan fingerprint density at radius 2 is 1.65 bits per heavy atom. The van der Waals surface area contributed by atoms with Gasteiger partial charge in [-0.05, 0) is 48.5 Å². The quantitative estimate of drug-likeness (QED) is 0.495. The Morgan fingerprint density at radius 1 is 0.783 bits per heavy atom. The summed E-state index contributed by atoms with van der Waals surface area (Å²) < 4.78 is 10.8. The van der Waals surface area contributed by atoms with E-state index in [2.05, 4.69) is 17.1 Å². The average Bonchev–Trinajstić information content (AvgIpc) is 3.09. The first kappa shape index (κ1) is 12.4. The average molecular weight is 300 g/mol. The van der Waals surface area contributed by atoms with Crippen LogP contribution < -0.4 is 9.47 Å². The topological polar surface area (TPSA) is 44.2 Å². The number of benzene rings is 2. The van der Waals surface area contributed by atoms with Crippen molar-refractivity contribution >= 4 is 21.8 Å². The molecule has 0 radical (unpaired) electrons. The van der Waals surface area contributed by atoms with Crippen molar-refractivity contribution < 1.29 is 9.47 Å². The monoisotopic (exact) mass is 300 g/mol. The Morgan fingerprint density at radius 3 is 2.65 bits per heavy atom. The second-order valence-corrected chi connectivity index (χ2v) is 5.47. The Bertz CT molecular complexity index is 1060. The summed E-state index contributed by atoms with van der Waals surface area (Å²) in [6.45, 7) is 0.281. The SMILES string of the molecule is c1cnc2ccc3nc(-c4ccc5c(c4)OCO5)ccc3c2c1. The van der Waals surface area contributed by atoms with Crippen molar-refractivity contribution in [1.29, 1.82) is 0 Å². The lowest BCUT2D eigenvalue weighted by atomic mass is 10.1. The minimum absolute atomic E-state index is 0.281. The van der Waals surface area contributed by atoms with Crippen molar-refractivity contribution in [2.24, 2.45) is 0 Å². The van der Waals surface area contributed by atoms with Gasteiger partial charge in [0.25, 0.3) is 0 Å². The molecule has 0 saturated carbocycles. The standard InChI is InChI=1S/C19H12N2O2/c1-2-13-14-4-5-15(21-17(14)7-6-16(13)20-9-1)12-3-8-18-19(10-12)23-11-22-18/h1-10H,11H2. The smallest absolute Gasteiger partial charge is 0.231 e. The Labute approximate surface area is 132 Å². The van der Waals surface area contributed by atoms with Crippen LogP contribution in [0.5, 0.6) is 11.5 Å². The normalized spacial score (nSPS) is 12.9. The van der Waals surface area contributed by atoms with Gasteiger partial charge in [0.05, 0.1) is 16.7 Å². The van der Waals surface area contributed by atoms with Crippen molar-refractivity contribution in [3.05, 3.63) is 60.8 Å². The van der Waals surface area contributed by atoms with E-state index in [0.29, 0.717) is 0 Å². The number of fused-ring (bicyclic) bond motifs is 4. The lowest BCUT2D eigenvalue weighted by Crippen LogP contribution is -1.92. The molecule has 110 valence electrons. The lowest BCUT2D eigenvalue weighted by Gasteiger charge is -2.06. The van der Waals surface area contributed by atoms with Crippen molar-refractivity contribution in [3.8, 4) is 22.8 Å². The van der Waals surface area contributed by atoms with Crippen LogP contribution >= 0.6 is 0 Å². The maximum absolute atomic E-state index is 5.45. The molecule has 2 aromatic carbocycles. The molecule has 0 N–H and O–H groups in total. The molecule has 0 atom stereocenters. The van der Waals surface area contributed by atoms with Gasteiger partial charge in [0.2, 0.25) is 6.79 Å². The molecule has 1 aliphatic heterocycles. The molecule has 1 aliphatic rings. The largest absolute Gasteiger partial charge is 0.454 e. The maximum Gasteiger partial charge on any atom is 0.231 e. The molecule has 0 amide bonds. The number of hydrogen-bond acceptors (Lipinski definition) is 4. The highest BCUT2D eigenvalue weighted by Crippen LogP contribution is 2.36. The molecule has 0 fully saturated rings. The van der Waals surface area contributed by atoms with Gasteiger partial charge in [-0.3, -0.25) is 4.98 Å². The van der Waals surface area contributed by atoms with Crippen molar-refractivity contribution in [3.63, 3.8) is 0 Å². The van der Waals surface area contributed by atoms with Crippen LogP contribution in [-0.4, -0.2) is 16.8 Å². The van der Waals surface area contributed by atoms with Gasteiger partial charge in [-0.1, -0.05) is 6.07 Å². The number of pyridine rings is 2. The summed E-state index contributed by atoms with van der Waals surface area (Å²) in [6, 6.07) is 18.1. The van der Waals surface area contributed by atoms with Crippen molar-refractivity contribution in [2.75, 3.05) is 6.79 Å². The molecule has 4 aromatic rings. The Kier molecular flexibility index (Phi) is 2.52. The van der Waals surface area contributed by atoms with Crippen molar-refractivity contribution in [1.82, 2.24) is 9.97 Å². The van der Waals surface area contributed by atoms with Crippen molar-refractivity contribution in [2.45, 2.75) is 0 Å². The maximum atomic E-state index is 5.45. The molecule has 5 rings (SSSR count). The summed E-state index contributed by atoms with van der Waals surface area (Å²) in [5.74, 6) is 1.55. The fourth-order valence-corrected chi connectivity index (χ4v) is 2.98. The Balaban J connectivity index is 1.70. The first-order chi connectivity index (χ1) is 11.4. The fourth-order valence-electron chi connectivity index (χ4n) is 2.98. The first-order valence-electron chi connectivity index (χ1n) is 7.43. The van der Waals surface area contributed by atoms with E-state index in [1.807, 2.05) is 48.7 Å². The van der Waals surface area contributed by atoms with Gasteiger partial charge in [0.15, 0.2) is 11.5 Å². The summed E-state index contributed by atoms with van der Waals surface area (Å²) >= 11 is 0. The van der Waals surface area contributed by atoms with E-state index in [1.54, 1.807) is 0 Å². The molecular formula is C19H12N2O2. The van der Waals surface area contributed by atoms with Crippen LogP contribution in [0.4, 0.5) is 0 Å². The molecule has 0 unspecified atom stereocenters. The molecule has 0 bridgehead atoms. The minimum Gasteiger partial charge on any atom is -0.454 e. The predicted octanol–water partition coefficient (Wildman–Crippen LogP) is 4.18. The first-order valence-corrected chi connectivity index (χ1v) is 7.43. The highest BCUT2D eigenvalue weighted by atomic mass is 16.7. The molecule has 4 nitrogen and oxygen atoms in total. The molecule has 0 aliphatic carbocycles.